The van der Waals surface area contributed by atoms with Crippen LogP contribution in [-0.4, -0.2) is 43.2 Å². The van der Waals surface area contributed by atoms with Gasteiger partial charge in [-0.1, -0.05) is 13.8 Å². The highest BCUT2D eigenvalue weighted by Gasteiger charge is 2.14. The monoisotopic (exact) mass is 156 g/mol. The second-order valence-corrected chi connectivity index (χ2v) is 4.05. The number of rotatable bonds is 2. The molecule has 0 atom stereocenters. The fourth-order valence-electron chi connectivity index (χ4n) is 1.71. The van der Waals surface area contributed by atoms with Crippen LogP contribution in [0.15, 0.2) is 0 Å². The molecule has 0 radical (unpaired) electrons. The molecule has 2 nitrogen and oxygen atoms in total. The van der Waals surface area contributed by atoms with Crippen LogP contribution in [0.5, 0.6) is 0 Å². The van der Waals surface area contributed by atoms with E-state index in [1.807, 2.05) is 0 Å². The highest BCUT2D eigenvalue weighted by Crippen LogP contribution is 2.06. The first-order valence-corrected chi connectivity index (χ1v) is 4.59. The van der Waals surface area contributed by atoms with E-state index >= 15 is 0 Å². The van der Waals surface area contributed by atoms with Crippen LogP contribution < -0.4 is 0 Å². The summed E-state index contributed by atoms with van der Waals surface area (Å²) in [5.41, 5.74) is 0. The predicted molar refractivity (Wildman–Crippen MR) is 48.5 cm³/mol. The van der Waals surface area contributed by atoms with Gasteiger partial charge in [0, 0.05) is 19.6 Å². The number of hydrogen-bond acceptors (Lipinski definition) is 2. The number of nitrogens with zero attached hydrogens (tertiary/aromatic N) is 2. The van der Waals surface area contributed by atoms with Gasteiger partial charge in [0.15, 0.2) is 0 Å². The summed E-state index contributed by atoms with van der Waals surface area (Å²) in [5.74, 6) is 0.807. The molecule has 1 fully saturated rings. The van der Waals surface area contributed by atoms with Crippen molar-refractivity contribution >= 4 is 0 Å². The largest absolute Gasteiger partial charge is 0.293 e. The van der Waals surface area contributed by atoms with Crippen molar-refractivity contribution in [3.05, 3.63) is 0 Å². The summed E-state index contributed by atoms with van der Waals surface area (Å²) in [7, 11) is 2.20. The van der Waals surface area contributed by atoms with Gasteiger partial charge in [0.05, 0.1) is 6.67 Å². The van der Waals surface area contributed by atoms with Gasteiger partial charge in [-0.25, -0.2) is 0 Å². The summed E-state index contributed by atoms with van der Waals surface area (Å²) in [6, 6.07) is 0. The quantitative estimate of drug-likeness (QED) is 0.593. The Morgan fingerprint density at radius 1 is 1.27 bits per heavy atom. The van der Waals surface area contributed by atoms with Gasteiger partial charge in [0.2, 0.25) is 0 Å². The van der Waals surface area contributed by atoms with Crippen molar-refractivity contribution in [1.82, 2.24) is 9.80 Å². The van der Waals surface area contributed by atoms with E-state index in [1.54, 1.807) is 0 Å². The van der Waals surface area contributed by atoms with Gasteiger partial charge in [0.25, 0.3) is 0 Å². The van der Waals surface area contributed by atoms with Crippen molar-refractivity contribution in [3.63, 3.8) is 0 Å². The minimum absolute atomic E-state index is 0.807. The molecule has 1 rings (SSSR count). The van der Waals surface area contributed by atoms with E-state index < -0.39 is 0 Å². The maximum atomic E-state index is 2.54. The predicted octanol–water partition coefficient (Wildman–Crippen LogP) is 1.24. The molecule has 0 aromatic carbocycles. The van der Waals surface area contributed by atoms with E-state index in [4.69, 9.17) is 0 Å². The van der Waals surface area contributed by atoms with Crippen LogP contribution in [-0.2, 0) is 0 Å². The Bertz CT molecular complexity index is 110. The van der Waals surface area contributed by atoms with E-state index in [9.17, 15) is 0 Å². The Hall–Kier alpha value is -0.0800. The molecule has 11 heavy (non-hydrogen) atoms. The lowest BCUT2D eigenvalue weighted by Gasteiger charge is -2.34. The van der Waals surface area contributed by atoms with Crippen LogP contribution in [0.25, 0.3) is 0 Å². The van der Waals surface area contributed by atoms with E-state index in [2.05, 4.69) is 30.7 Å². The molecule has 1 aliphatic heterocycles. The van der Waals surface area contributed by atoms with Gasteiger partial charge in [-0.2, -0.15) is 0 Å². The highest BCUT2D eigenvalue weighted by atomic mass is 15.3. The molecule has 0 aromatic heterocycles. The van der Waals surface area contributed by atoms with Gasteiger partial charge < -0.3 is 0 Å². The molecule has 1 heterocycles. The van der Waals surface area contributed by atoms with Crippen molar-refractivity contribution in [2.75, 3.05) is 33.4 Å². The fraction of sp³-hybridized carbons (Fsp3) is 1.00. The Morgan fingerprint density at radius 3 is 2.55 bits per heavy atom. The van der Waals surface area contributed by atoms with Crippen LogP contribution in [0.1, 0.15) is 20.3 Å². The zero-order valence-corrected chi connectivity index (χ0v) is 8.01. The van der Waals surface area contributed by atoms with E-state index in [0.717, 1.165) is 12.6 Å². The van der Waals surface area contributed by atoms with Crippen LogP contribution in [0.2, 0.25) is 0 Å². The molecular formula is C9H20N2. The van der Waals surface area contributed by atoms with Crippen molar-refractivity contribution in [2.45, 2.75) is 20.3 Å². The summed E-state index contributed by atoms with van der Waals surface area (Å²) in [6.45, 7) is 9.56. The van der Waals surface area contributed by atoms with Gasteiger partial charge in [-0.3, -0.25) is 9.80 Å². The van der Waals surface area contributed by atoms with Crippen molar-refractivity contribution in [1.29, 1.82) is 0 Å². The van der Waals surface area contributed by atoms with E-state index in [1.165, 1.54) is 26.1 Å². The third-order valence-electron chi connectivity index (χ3n) is 2.08. The zero-order chi connectivity index (χ0) is 8.27. The molecule has 1 saturated heterocycles. The maximum Gasteiger partial charge on any atom is 0.0503 e. The molecule has 0 spiro atoms. The minimum Gasteiger partial charge on any atom is -0.293 e. The lowest BCUT2D eigenvalue weighted by Crippen LogP contribution is -2.44. The van der Waals surface area contributed by atoms with Gasteiger partial charge in [-0.15, -0.1) is 0 Å². The Morgan fingerprint density at radius 2 is 2.00 bits per heavy atom. The Balaban J connectivity index is 2.23. The molecular weight excluding hydrogens is 136 g/mol. The molecule has 0 aliphatic carbocycles. The summed E-state index contributed by atoms with van der Waals surface area (Å²) in [6.07, 6.45) is 1.34. The first-order chi connectivity index (χ1) is 5.18. The third kappa shape index (κ3) is 3.21. The fourth-order valence-corrected chi connectivity index (χ4v) is 1.71. The van der Waals surface area contributed by atoms with Gasteiger partial charge in [-0.05, 0) is 19.4 Å². The Kier molecular flexibility index (Phi) is 3.34. The zero-order valence-electron chi connectivity index (χ0n) is 8.01. The molecule has 2 heteroatoms. The highest BCUT2D eigenvalue weighted by molar-refractivity contribution is 4.66. The van der Waals surface area contributed by atoms with E-state index in [-0.39, 0.29) is 0 Å². The normalized spacial score (nSPS) is 22.9. The average molecular weight is 156 g/mol. The van der Waals surface area contributed by atoms with E-state index in [0.29, 0.717) is 0 Å². The average Bonchev–Trinajstić information content (AvgIpc) is 1.85. The van der Waals surface area contributed by atoms with Crippen molar-refractivity contribution < 1.29 is 0 Å². The summed E-state index contributed by atoms with van der Waals surface area (Å²) >= 11 is 0. The first-order valence-electron chi connectivity index (χ1n) is 4.59. The molecule has 0 N–H and O–H groups in total. The summed E-state index contributed by atoms with van der Waals surface area (Å²) < 4.78 is 0. The lowest BCUT2D eigenvalue weighted by molar-refractivity contribution is 0.0969. The van der Waals surface area contributed by atoms with Crippen molar-refractivity contribution in [2.24, 2.45) is 5.92 Å². The van der Waals surface area contributed by atoms with Gasteiger partial charge >= 0.3 is 0 Å². The minimum atomic E-state index is 0.807. The third-order valence-corrected chi connectivity index (χ3v) is 2.08. The first kappa shape index (κ1) is 9.01. The van der Waals surface area contributed by atoms with Crippen LogP contribution in [0, 0.1) is 5.92 Å². The Labute approximate surface area is 70.2 Å². The molecule has 0 aromatic rings. The molecule has 0 unspecified atom stereocenters. The standard InChI is InChI=1S/C9H20N2/c1-9(2)7-11-6-4-5-10(3)8-11/h9H,4-8H2,1-3H3. The summed E-state index contributed by atoms with van der Waals surface area (Å²) in [4.78, 5) is 4.93. The molecule has 0 bridgehead atoms. The topological polar surface area (TPSA) is 6.48 Å². The second kappa shape index (κ2) is 4.07. The molecule has 1 aliphatic rings. The van der Waals surface area contributed by atoms with Crippen LogP contribution >= 0.6 is 0 Å². The smallest absolute Gasteiger partial charge is 0.0503 e. The molecule has 66 valence electrons. The SMILES string of the molecule is CC(C)CN1CCCN(C)C1. The molecule has 0 saturated carbocycles. The van der Waals surface area contributed by atoms with Gasteiger partial charge in [0.1, 0.15) is 0 Å². The second-order valence-electron chi connectivity index (χ2n) is 4.05. The van der Waals surface area contributed by atoms with Crippen LogP contribution in [0.3, 0.4) is 0 Å². The summed E-state index contributed by atoms with van der Waals surface area (Å²) in [5, 5.41) is 0. The number of hydrogen-bond donors (Lipinski definition) is 0. The molecule has 0 amide bonds. The maximum absolute atomic E-state index is 2.54. The lowest BCUT2D eigenvalue weighted by atomic mass is 10.2. The van der Waals surface area contributed by atoms with Crippen molar-refractivity contribution in [3.8, 4) is 0 Å². The van der Waals surface area contributed by atoms with Crippen LogP contribution in [0.4, 0.5) is 0 Å².